The topological polar surface area (TPSA) is 72.8 Å². The van der Waals surface area contributed by atoms with E-state index in [1.807, 2.05) is 6.92 Å². The van der Waals surface area contributed by atoms with Crippen LogP contribution in [0, 0.1) is 10.5 Å². The summed E-state index contributed by atoms with van der Waals surface area (Å²) in [6, 6.07) is 24.2. The Morgan fingerprint density at radius 1 is 0.694 bits per heavy atom. The van der Waals surface area contributed by atoms with Crippen molar-refractivity contribution in [2.45, 2.75) is 134 Å². The van der Waals surface area contributed by atoms with E-state index in [1.165, 1.54) is 129 Å². The molecule has 272 valence electrons. The molecular formula is C41H61IO5SSi. The minimum absolute atomic E-state index is 0.0666. The molecule has 0 heterocycles. The van der Waals surface area contributed by atoms with Crippen LogP contribution in [0.3, 0.4) is 0 Å². The Hall–Kier alpha value is -1.72. The number of rotatable bonds is 25. The molecule has 49 heavy (non-hydrogen) atoms. The van der Waals surface area contributed by atoms with Crippen molar-refractivity contribution >= 4 is 42.2 Å². The van der Waals surface area contributed by atoms with Gasteiger partial charge in [-0.05, 0) is 82.9 Å². The van der Waals surface area contributed by atoms with Crippen LogP contribution >= 0.6 is 22.6 Å². The van der Waals surface area contributed by atoms with Crippen molar-refractivity contribution in [3.63, 3.8) is 0 Å². The molecule has 0 saturated heterocycles. The fraction of sp³-hybridized carbons (Fsp3) is 0.561. The highest BCUT2D eigenvalue weighted by Gasteiger charge is 2.10. The predicted octanol–water partition coefficient (Wildman–Crippen LogP) is 12.4. The van der Waals surface area contributed by atoms with Gasteiger partial charge >= 0.3 is 0 Å². The molecule has 0 fully saturated rings. The van der Waals surface area contributed by atoms with Crippen LogP contribution in [0.2, 0.25) is 11.6 Å². The molecule has 3 aromatic carbocycles. The summed E-state index contributed by atoms with van der Waals surface area (Å²) in [7, 11) is -2.91. The second kappa shape index (κ2) is 27.0. The normalized spacial score (nSPS) is 11.4. The first-order valence-electron chi connectivity index (χ1n) is 18.6. The summed E-state index contributed by atoms with van der Waals surface area (Å²) in [6.45, 7) is 8.60. The third-order valence-corrected chi connectivity index (χ3v) is 12.2. The second-order valence-electron chi connectivity index (χ2n) is 12.9. The lowest BCUT2D eigenvalue weighted by Crippen LogP contribution is -2.09. The molecule has 5 nitrogen and oxygen atoms in total. The van der Waals surface area contributed by atoms with Gasteiger partial charge in [0.2, 0.25) is 0 Å². The van der Waals surface area contributed by atoms with Crippen molar-refractivity contribution in [2.24, 2.45) is 0 Å². The van der Waals surface area contributed by atoms with Gasteiger partial charge in [-0.3, -0.25) is 4.55 Å². The van der Waals surface area contributed by atoms with Gasteiger partial charge in [0.15, 0.2) is 0 Å². The third kappa shape index (κ3) is 20.7. The zero-order valence-corrected chi connectivity index (χ0v) is 34.3. The van der Waals surface area contributed by atoms with Crippen LogP contribution in [0.4, 0.5) is 0 Å². The second-order valence-corrected chi connectivity index (χ2v) is 17.2. The van der Waals surface area contributed by atoms with Crippen molar-refractivity contribution in [2.75, 3.05) is 19.8 Å². The van der Waals surface area contributed by atoms with E-state index in [0.29, 0.717) is 13.2 Å². The van der Waals surface area contributed by atoms with Crippen LogP contribution in [0.5, 0.6) is 5.75 Å². The minimum Gasteiger partial charge on any atom is -0.491 e. The SMILES string of the molecule is CCCCCCCCC(CCCCCCCC)[Si]CCCOCCOc1ccc(-c2ccccc2I)cc1.Cc1ccc(S(=O)(=O)O)cc1. The Kier molecular flexibility index (Phi) is 23.9. The minimum atomic E-state index is -4.02. The molecule has 0 aliphatic carbocycles. The van der Waals surface area contributed by atoms with Gasteiger partial charge in [-0.15, -0.1) is 0 Å². The van der Waals surface area contributed by atoms with E-state index < -0.39 is 10.1 Å². The van der Waals surface area contributed by atoms with Crippen molar-refractivity contribution in [3.8, 4) is 16.9 Å². The Morgan fingerprint density at radius 3 is 1.84 bits per heavy atom. The molecule has 0 unspecified atom stereocenters. The van der Waals surface area contributed by atoms with Crippen molar-refractivity contribution in [3.05, 3.63) is 81.9 Å². The van der Waals surface area contributed by atoms with E-state index in [4.69, 9.17) is 14.0 Å². The maximum atomic E-state index is 10.5. The summed E-state index contributed by atoms with van der Waals surface area (Å²) < 4.78 is 42.6. The van der Waals surface area contributed by atoms with E-state index in [9.17, 15) is 8.42 Å². The summed E-state index contributed by atoms with van der Waals surface area (Å²) >= 11 is 2.39. The van der Waals surface area contributed by atoms with Crippen molar-refractivity contribution < 1.29 is 22.4 Å². The lowest BCUT2D eigenvalue weighted by atomic mass is 10.0. The van der Waals surface area contributed by atoms with E-state index in [0.717, 1.165) is 33.0 Å². The van der Waals surface area contributed by atoms with E-state index in [2.05, 4.69) is 85.0 Å². The lowest BCUT2D eigenvalue weighted by molar-refractivity contribution is 0.101. The highest BCUT2D eigenvalue weighted by atomic mass is 127. The third-order valence-electron chi connectivity index (χ3n) is 8.57. The zero-order chi connectivity index (χ0) is 35.6. The van der Waals surface area contributed by atoms with Crippen LogP contribution in [-0.2, 0) is 14.9 Å². The molecular weight excluding hydrogens is 760 g/mol. The molecule has 0 aliphatic rings. The number of aryl methyl sites for hydroxylation is 1. The van der Waals surface area contributed by atoms with Gasteiger partial charge in [0, 0.05) is 19.7 Å². The summed E-state index contributed by atoms with van der Waals surface area (Å²) in [5, 5.41) is 0. The van der Waals surface area contributed by atoms with Gasteiger partial charge in [0.05, 0.1) is 11.5 Å². The van der Waals surface area contributed by atoms with Crippen molar-refractivity contribution in [1.29, 1.82) is 0 Å². The summed E-state index contributed by atoms with van der Waals surface area (Å²) in [5.41, 5.74) is 4.41. The Balaban J connectivity index is 0.000000639. The summed E-state index contributed by atoms with van der Waals surface area (Å²) in [6.07, 6.45) is 21.1. The van der Waals surface area contributed by atoms with Gasteiger partial charge in [-0.25, -0.2) is 0 Å². The largest absolute Gasteiger partial charge is 0.491 e. The molecule has 0 aliphatic heterocycles. The van der Waals surface area contributed by atoms with Gasteiger partial charge in [-0.2, -0.15) is 8.42 Å². The summed E-state index contributed by atoms with van der Waals surface area (Å²) in [4.78, 5) is -0.0666. The maximum absolute atomic E-state index is 10.5. The van der Waals surface area contributed by atoms with E-state index in [-0.39, 0.29) is 4.90 Å². The van der Waals surface area contributed by atoms with Gasteiger partial charge in [0.25, 0.3) is 10.1 Å². The molecule has 3 rings (SSSR count). The number of halogens is 1. The highest BCUT2D eigenvalue weighted by molar-refractivity contribution is 14.1. The molecule has 8 heteroatoms. The highest BCUT2D eigenvalue weighted by Crippen LogP contribution is 2.27. The molecule has 0 saturated carbocycles. The number of hydrogen-bond acceptors (Lipinski definition) is 4. The number of hydrogen-bond donors (Lipinski definition) is 1. The predicted molar refractivity (Wildman–Crippen MR) is 217 cm³/mol. The molecule has 3 aromatic rings. The standard InChI is InChI=1S/C34H53IO2Si.C7H8O3S/c1-3-5-7-9-11-13-18-32(19-14-12-10-8-6-4-2)38-29-17-26-36-27-28-37-31-24-22-30(23-25-31)33-20-15-16-21-34(33)35;1-6-2-4-7(5-3-6)11(8,9)10/h15-16,20-25,32H,3-14,17-19,26-29H2,1-2H3;2-5H,1H3,(H,8,9,10). The van der Waals surface area contributed by atoms with E-state index in [1.54, 1.807) is 12.1 Å². The molecule has 1 N–H and O–H groups in total. The van der Waals surface area contributed by atoms with E-state index >= 15 is 0 Å². The fourth-order valence-corrected chi connectivity index (χ4v) is 8.38. The smallest absolute Gasteiger partial charge is 0.294 e. The monoisotopic (exact) mass is 820 g/mol. The molecule has 0 atom stereocenters. The first kappa shape index (κ1) is 43.4. The Bertz CT molecular complexity index is 1330. The molecule has 2 radical (unpaired) electrons. The molecule has 0 amide bonds. The Labute approximate surface area is 315 Å². The number of benzene rings is 3. The molecule has 0 aromatic heterocycles. The van der Waals surface area contributed by atoms with Crippen LogP contribution in [0.15, 0.2) is 77.7 Å². The molecule has 0 spiro atoms. The van der Waals surface area contributed by atoms with Gasteiger partial charge < -0.3 is 9.47 Å². The number of ether oxygens (including phenoxy) is 2. The van der Waals surface area contributed by atoms with Crippen LogP contribution in [-0.4, -0.2) is 42.3 Å². The number of unbranched alkanes of at least 4 members (excludes halogenated alkanes) is 10. The average Bonchev–Trinajstić information content (AvgIpc) is 3.09. The quantitative estimate of drug-likeness (QED) is 0.0399. The lowest BCUT2D eigenvalue weighted by Gasteiger charge is -2.16. The van der Waals surface area contributed by atoms with Crippen LogP contribution in [0.25, 0.3) is 11.1 Å². The zero-order valence-electron chi connectivity index (χ0n) is 30.3. The first-order valence-corrected chi connectivity index (χ1v) is 22.4. The van der Waals surface area contributed by atoms with Crippen LogP contribution in [0.1, 0.15) is 116 Å². The van der Waals surface area contributed by atoms with Gasteiger partial charge in [-0.1, -0.05) is 158 Å². The fourth-order valence-electron chi connectivity index (χ4n) is 5.63. The molecule has 0 bridgehead atoms. The maximum Gasteiger partial charge on any atom is 0.294 e. The first-order chi connectivity index (χ1) is 23.7. The average molecular weight is 821 g/mol. The Morgan fingerprint density at radius 2 is 1.27 bits per heavy atom. The van der Waals surface area contributed by atoms with Crippen LogP contribution < -0.4 is 4.74 Å². The van der Waals surface area contributed by atoms with Crippen molar-refractivity contribution in [1.82, 2.24) is 0 Å². The van der Waals surface area contributed by atoms with Gasteiger partial charge in [0.1, 0.15) is 12.4 Å². The summed E-state index contributed by atoms with van der Waals surface area (Å²) in [5.74, 6) is 0.914.